The first kappa shape index (κ1) is 26.0. The Kier molecular flexibility index (Phi) is 7.10. The minimum atomic E-state index is -4.35. The summed E-state index contributed by atoms with van der Waals surface area (Å²) >= 11 is 0. The van der Waals surface area contributed by atoms with Crippen molar-refractivity contribution in [2.45, 2.75) is 31.5 Å². The molecule has 0 aliphatic rings. The number of alkyl halides is 3. The molecule has 39 heavy (non-hydrogen) atoms. The van der Waals surface area contributed by atoms with E-state index >= 15 is 0 Å². The number of halogens is 3. The number of benzene rings is 3. The van der Waals surface area contributed by atoms with Crippen molar-refractivity contribution in [1.29, 1.82) is 0 Å². The van der Waals surface area contributed by atoms with Gasteiger partial charge in [-0.15, -0.1) is 0 Å². The Hall–Kier alpha value is -4.60. The Balaban J connectivity index is 1.44. The van der Waals surface area contributed by atoms with Crippen molar-refractivity contribution in [3.8, 4) is 11.3 Å². The van der Waals surface area contributed by atoms with Gasteiger partial charge in [0.25, 0.3) is 5.91 Å². The number of nitrogens with zero attached hydrogens (tertiary/aromatic N) is 2. The van der Waals surface area contributed by atoms with Crippen molar-refractivity contribution in [1.82, 2.24) is 15.1 Å². The molecule has 0 saturated carbocycles. The highest BCUT2D eigenvalue weighted by atomic mass is 19.4. The molecule has 0 saturated heterocycles. The lowest BCUT2D eigenvalue weighted by atomic mass is 9.99. The zero-order chi connectivity index (χ0) is 27.6. The van der Waals surface area contributed by atoms with E-state index in [1.165, 1.54) is 12.1 Å². The molecule has 2 heterocycles. The lowest BCUT2D eigenvalue weighted by Crippen LogP contribution is -2.26. The second-order valence-corrected chi connectivity index (χ2v) is 9.20. The fraction of sp³-hybridized carbons (Fsp3) is 0.207. The molecule has 1 atom stereocenters. The Labute approximate surface area is 220 Å². The number of hydrogen-bond donors (Lipinski definition) is 2. The van der Waals surface area contributed by atoms with Crippen LogP contribution in [-0.4, -0.2) is 39.5 Å². The summed E-state index contributed by atoms with van der Waals surface area (Å²) in [6.45, 7) is -0.0284. The second-order valence-electron chi connectivity index (χ2n) is 9.20. The molecular weight excluding hydrogens is 511 g/mol. The van der Waals surface area contributed by atoms with Gasteiger partial charge in [-0.05, 0) is 54.4 Å². The summed E-state index contributed by atoms with van der Waals surface area (Å²) < 4.78 is 47.2. The van der Waals surface area contributed by atoms with Crippen molar-refractivity contribution in [2.75, 3.05) is 6.54 Å². The van der Waals surface area contributed by atoms with Crippen molar-refractivity contribution in [3.63, 3.8) is 0 Å². The van der Waals surface area contributed by atoms with Crippen LogP contribution < -0.4 is 5.32 Å². The predicted molar refractivity (Wildman–Crippen MR) is 139 cm³/mol. The third kappa shape index (κ3) is 5.95. The Morgan fingerprint density at radius 3 is 2.49 bits per heavy atom. The van der Waals surface area contributed by atoms with Gasteiger partial charge < -0.3 is 14.8 Å². The van der Waals surface area contributed by atoms with Gasteiger partial charge in [0.15, 0.2) is 0 Å². The largest absolute Gasteiger partial charge is 0.481 e. The molecule has 0 fully saturated rings. The van der Waals surface area contributed by atoms with Gasteiger partial charge in [-0.25, -0.2) is 0 Å². The fourth-order valence-electron chi connectivity index (χ4n) is 4.55. The van der Waals surface area contributed by atoms with Crippen LogP contribution in [0, 0.1) is 0 Å². The van der Waals surface area contributed by atoms with E-state index < -0.39 is 30.5 Å². The third-order valence-electron chi connectivity index (χ3n) is 6.48. The maximum atomic E-state index is 13.2. The number of carboxylic acid groups (broad SMARTS) is 1. The maximum absolute atomic E-state index is 13.2. The van der Waals surface area contributed by atoms with E-state index in [0.717, 1.165) is 21.9 Å². The highest BCUT2D eigenvalue weighted by molar-refractivity contribution is 5.94. The molecule has 0 bridgehead atoms. The first-order chi connectivity index (χ1) is 18.7. The standard InChI is InChI=1S/C29H24F3N3O4/c30-29(31,32)13-11-24(18-5-7-19(8-6-18)28(38)33-14-12-27(36)37)35-23-10-9-21(15-22(23)17-34-35)26-16-20-3-1-2-4-25(20)39-26/h1-10,15-17,24H,11-14H2,(H,33,38)(H,36,37). The number of hydrogen-bond acceptors (Lipinski definition) is 4. The molecule has 0 spiro atoms. The summed E-state index contributed by atoms with van der Waals surface area (Å²) in [5.74, 6) is -0.816. The van der Waals surface area contributed by atoms with Crippen LogP contribution in [0.15, 0.2) is 83.4 Å². The van der Waals surface area contributed by atoms with Gasteiger partial charge in [-0.1, -0.05) is 30.3 Å². The molecule has 2 N–H and O–H groups in total. The lowest BCUT2D eigenvalue weighted by Gasteiger charge is -2.20. The van der Waals surface area contributed by atoms with Gasteiger partial charge in [0.05, 0.1) is 24.2 Å². The normalized spacial score (nSPS) is 12.6. The molecule has 7 nitrogen and oxygen atoms in total. The van der Waals surface area contributed by atoms with Gasteiger partial charge >= 0.3 is 12.1 Å². The van der Waals surface area contributed by atoms with Gasteiger partial charge in [0.2, 0.25) is 0 Å². The van der Waals surface area contributed by atoms with Crippen LogP contribution in [0.3, 0.4) is 0 Å². The molecule has 2 aromatic heterocycles. The number of carbonyl (C=O) groups is 2. The Bertz CT molecular complexity index is 1600. The molecule has 1 unspecified atom stereocenters. The molecule has 0 aliphatic carbocycles. The summed E-state index contributed by atoms with van der Waals surface area (Å²) in [4.78, 5) is 23.0. The van der Waals surface area contributed by atoms with Crippen LogP contribution in [0.2, 0.25) is 0 Å². The van der Waals surface area contributed by atoms with E-state index in [1.54, 1.807) is 23.0 Å². The fourth-order valence-corrected chi connectivity index (χ4v) is 4.55. The molecule has 200 valence electrons. The quantitative estimate of drug-likeness (QED) is 0.222. The number of para-hydroxylation sites is 1. The summed E-state index contributed by atoms with van der Waals surface area (Å²) in [6, 6.07) is 20.6. The van der Waals surface area contributed by atoms with Gasteiger partial charge in [0, 0.05) is 34.9 Å². The average Bonchev–Trinajstić information content (AvgIpc) is 3.52. The van der Waals surface area contributed by atoms with Gasteiger partial charge in [-0.2, -0.15) is 18.3 Å². The van der Waals surface area contributed by atoms with Gasteiger partial charge in [-0.3, -0.25) is 14.3 Å². The molecule has 0 radical (unpaired) electrons. The number of rotatable bonds is 9. The first-order valence-corrected chi connectivity index (χ1v) is 12.3. The summed E-state index contributed by atoms with van der Waals surface area (Å²) in [5.41, 5.74) is 3.09. The molecule has 0 aliphatic heterocycles. The van der Waals surface area contributed by atoms with Crippen LogP contribution in [-0.2, 0) is 4.79 Å². The molecule has 1 amide bonds. The van der Waals surface area contributed by atoms with Crippen LogP contribution >= 0.6 is 0 Å². The minimum absolute atomic E-state index is 0.0284. The maximum Gasteiger partial charge on any atom is 0.389 e. The topological polar surface area (TPSA) is 97.4 Å². The van der Waals surface area contributed by atoms with Crippen LogP contribution in [0.4, 0.5) is 13.2 Å². The van der Waals surface area contributed by atoms with Crippen molar-refractivity contribution in [3.05, 3.63) is 90.1 Å². The molecule has 3 aromatic carbocycles. The summed E-state index contributed by atoms with van der Waals surface area (Å²) in [5, 5.41) is 17.4. The van der Waals surface area contributed by atoms with E-state index in [2.05, 4.69) is 10.4 Å². The van der Waals surface area contributed by atoms with E-state index in [9.17, 15) is 22.8 Å². The minimum Gasteiger partial charge on any atom is -0.481 e. The smallest absolute Gasteiger partial charge is 0.389 e. The van der Waals surface area contributed by atoms with Gasteiger partial charge in [0.1, 0.15) is 11.3 Å². The van der Waals surface area contributed by atoms with E-state index in [4.69, 9.17) is 9.52 Å². The Morgan fingerprint density at radius 1 is 1.00 bits per heavy atom. The highest BCUT2D eigenvalue weighted by Gasteiger charge is 2.30. The van der Waals surface area contributed by atoms with Crippen LogP contribution in [0.25, 0.3) is 33.2 Å². The zero-order valence-corrected chi connectivity index (χ0v) is 20.6. The number of nitrogens with one attached hydrogen (secondary N) is 1. The van der Waals surface area contributed by atoms with Crippen LogP contribution in [0.1, 0.15) is 41.2 Å². The summed E-state index contributed by atoms with van der Waals surface area (Å²) in [7, 11) is 0. The number of furan rings is 1. The molecular formula is C29H24F3N3O4. The van der Waals surface area contributed by atoms with Crippen molar-refractivity contribution >= 4 is 33.7 Å². The summed E-state index contributed by atoms with van der Waals surface area (Å²) in [6.07, 6.45) is -4.19. The Morgan fingerprint density at radius 2 is 1.77 bits per heavy atom. The number of carboxylic acids is 1. The van der Waals surface area contributed by atoms with Crippen molar-refractivity contribution < 1.29 is 32.3 Å². The highest BCUT2D eigenvalue weighted by Crippen LogP contribution is 2.34. The SMILES string of the molecule is O=C(O)CCNC(=O)c1ccc(C(CCC(F)(F)F)n2ncc3cc(-c4cc5ccccc5o4)ccc32)cc1. The lowest BCUT2D eigenvalue weighted by molar-refractivity contribution is -0.137. The van der Waals surface area contributed by atoms with E-state index in [0.29, 0.717) is 16.8 Å². The zero-order valence-electron chi connectivity index (χ0n) is 20.6. The first-order valence-electron chi connectivity index (χ1n) is 12.3. The number of amides is 1. The third-order valence-corrected chi connectivity index (χ3v) is 6.48. The van der Waals surface area contributed by atoms with E-state index in [-0.39, 0.29) is 24.9 Å². The molecule has 10 heteroatoms. The number of fused-ring (bicyclic) bond motifs is 2. The predicted octanol–water partition coefficient (Wildman–Crippen LogP) is 6.59. The van der Waals surface area contributed by atoms with Crippen molar-refractivity contribution in [2.24, 2.45) is 0 Å². The second kappa shape index (κ2) is 10.6. The molecule has 5 rings (SSSR count). The number of aromatic nitrogens is 2. The van der Waals surface area contributed by atoms with Crippen LogP contribution in [0.5, 0.6) is 0 Å². The monoisotopic (exact) mass is 535 g/mol. The number of aliphatic carboxylic acids is 1. The molecule has 5 aromatic rings. The average molecular weight is 536 g/mol. The van der Waals surface area contributed by atoms with E-state index in [1.807, 2.05) is 48.5 Å². The number of carbonyl (C=O) groups excluding carboxylic acids is 1.